The first-order valence-corrected chi connectivity index (χ1v) is 5.35. The van der Waals surface area contributed by atoms with Crippen LogP contribution < -0.4 is 0 Å². The lowest BCUT2D eigenvalue weighted by Crippen LogP contribution is -2.38. The Labute approximate surface area is 72.5 Å². The Bertz CT molecular complexity index is 115. The van der Waals surface area contributed by atoms with Crippen LogP contribution in [-0.2, 0) is 0 Å². The highest BCUT2D eigenvalue weighted by Gasteiger charge is 2.09. The van der Waals surface area contributed by atoms with Crippen LogP contribution >= 0.6 is 0 Å². The van der Waals surface area contributed by atoms with Crippen molar-refractivity contribution in [3.05, 3.63) is 0 Å². The van der Waals surface area contributed by atoms with Gasteiger partial charge in [0.25, 0.3) is 0 Å². The van der Waals surface area contributed by atoms with E-state index in [4.69, 9.17) is 0 Å². The average molecular weight is 173 g/mol. The minimum atomic E-state index is 0.198. The van der Waals surface area contributed by atoms with E-state index in [0.29, 0.717) is 0 Å². The molecular weight excluding hydrogens is 154 g/mol. The summed E-state index contributed by atoms with van der Waals surface area (Å²) in [5.74, 6) is 0. The topological polar surface area (TPSA) is 18.8 Å². The molecule has 0 saturated carbocycles. The molecule has 0 aliphatic carbocycles. The van der Waals surface area contributed by atoms with Crippen molar-refractivity contribution < 1.29 is 0 Å². The highest BCUT2D eigenvalue weighted by Crippen LogP contribution is 1.97. The zero-order valence-electron chi connectivity index (χ0n) is 8.20. The normalized spacial score (nSPS) is 13.0. The fourth-order valence-corrected chi connectivity index (χ4v) is 1.14. The zero-order valence-corrected chi connectivity index (χ0v) is 10.2. The summed E-state index contributed by atoms with van der Waals surface area (Å²) in [6.45, 7) is 0. The van der Waals surface area contributed by atoms with Gasteiger partial charge in [0.2, 0.25) is 0 Å². The van der Waals surface area contributed by atoms with Gasteiger partial charge in [0.15, 0.2) is 6.29 Å². The van der Waals surface area contributed by atoms with Crippen LogP contribution in [0.5, 0.6) is 0 Å². The molecule has 0 fully saturated rings. The van der Waals surface area contributed by atoms with E-state index in [-0.39, 0.29) is 6.29 Å². The number of nitrogens with zero attached hydrogens (tertiary/aromatic N) is 3. The summed E-state index contributed by atoms with van der Waals surface area (Å²) in [4.78, 5) is 8.58. The van der Waals surface area contributed by atoms with Gasteiger partial charge < -0.3 is 0 Å². The van der Waals surface area contributed by atoms with E-state index in [9.17, 15) is 0 Å². The second kappa shape index (κ2) is 5.46. The Morgan fingerprint density at radius 1 is 1.27 bits per heavy atom. The second-order valence-corrected chi connectivity index (χ2v) is 3.83. The summed E-state index contributed by atoms with van der Waals surface area (Å²) in [6.07, 6.45) is 2.21. The molecule has 0 unspecified atom stereocenters. The minimum absolute atomic E-state index is 0.198. The molecule has 0 amide bonds. The monoisotopic (exact) mass is 173 g/mol. The highest BCUT2D eigenvalue weighted by atomic mass is 28.1. The fraction of sp³-hybridized carbons (Fsp3) is 0.857. The van der Waals surface area contributed by atoms with Crippen LogP contribution in [0.15, 0.2) is 4.99 Å². The summed E-state index contributed by atoms with van der Waals surface area (Å²) >= 11 is 0. The average Bonchev–Trinajstić information content (AvgIpc) is 1.87. The third-order valence-corrected chi connectivity index (χ3v) is 1.71. The molecule has 0 aromatic rings. The Hall–Kier alpha value is -0.193. The lowest BCUT2D eigenvalue weighted by atomic mass is 10.6. The molecule has 4 heteroatoms. The highest BCUT2D eigenvalue weighted by molar-refractivity contribution is 6.16. The summed E-state index contributed by atoms with van der Waals surface area (Å²) in [5.41, 5.74) is 0. The standard InChI is InChI=1S/C7H19N3Si/c1-9(2)7(10(3)4)8-5-6-11/h5,7H,6H2,1-4,11H3. The van der Waals surface area contributed by atoms with E-state index >= 15 is 0 Å². The van der Waals surface area contributed by atoms with Gasteiger partial charge in [0.1, 0.15) is 0 Å². The molecule has 0 N–H and O–H groups in total. The number of hydrogen-bond acceptors (Lipinski definition) is 3. The Balaban J connectivity index is 4.00. The van der Waals surface area contributed by atoms with Gasteiger partial charge in [0.05, 0.1) is 0 Å². The fourth-order valence-electron chi connectivity index (χ4n) is 0.928. The zero-order chi connectivity index (χ0) is 8.85. The maximum absolute atomic E-state index is 4.40. The molecule has 0 aromatic carbocycles. The second-order valence-electron chi connectivity index (χ2n) is 3.01. The molecule has 0 saturated heterocycles. The molecule has 0 radical (unpaired) electrons. The van der Waals surface area contributed by atoms with Crippen LogP contribution in [0.25, 0.3) is 0 Å². The third-order valence-electron chi connectivity index (χ3n) is 1.35. The minimum Gasteiger partial charge on any atom is -0.276 e. The van der Waals surface area contributed by atoms with Crippen molar-refractivity contribution in [2.24, 2.45) is 4.99 Å². The summed E-state index contributed by atoms with van der Waals surface area (Å²) in [5, 5.41) is 0. The molecule has 0 heterocycles. The Kier molecular flexibility index (Phi) is 5.36. The number of hydrogen-bond donors (Lipinski definition) is 0. The van der Waals surface area contributed by atoms with Gasteiger partial charge in [-0.15, -0.1) is 0 Å². The van der Waals surface area contributed by atoms with E-state index < -0.39 is 0 Å². The lowest BCUT2D eigenvalue weighted by Gasteiger charge is -2.26. The van der Waals surface area contributed by atoms with Crippen molar-refractivity contribution in [2.45, 2.75) is 12.3 Å². The van der Waals surface area contributed by atoms with Crippen LogP contribution in [0.4, 0.5) is 0 Å². The molecular formula is C7H19N3Si. The van der Waals surface area contributed by atoms with Gasteiger partial charge in [-0.25, -0.2) is 0 Å². The van der Waals surface area contributed by atoms with E-state index in [1.165, 1.54) is 10.2 Å². The maximum atomic E-state index is 4.40. The summed E-state index contributed by atoms with van der Waals surface area (Å²) in [7, 11) is 9.35. The number of aliphatic imine (C=N–C) groups is 1. The molecule has 11 heavy (non-hydrogen) atoms. The van der Waals surface area contributed by atoms with Crippen molar-refractivity contribution >= 4 is 16.5 Å². The van der Waals surface area contributed by atoms with Gasteiger partial charge >= 0.3 is 0 Å². The first-order valence-electron chi connectivity index (χ1n) is 3.94. The van der Waals surface area contributed by atoms with Gasteiger partial charge in [-0.1, -0.05) is 0 Å². The van der Waals surface area contributed by atoms with Crippen molar-refractivity contribution in [1.29, 1.82) is 0 Å². The first-order chi connectivity index (χ1) is 5.09. The summed E-state index contributed by atoms with van der Waals surface area (Å²) < 4.78 is 0. The molecule has 0 rings (SSSR count). The quantitative estimate of drug-likeness (QED) is 0.316. The number of rotatable bonds is 4. The third kappa shape index (κ3) is 4.29. The van der Waals surface area contributed by atoms with Crippen LogP contribution in [0, 0.1) is 0 Å². The Morgan fingerprint density at radius 2 is 1.73 bits per heavy atom. The lowest BCUT2D eigenvalue weighted by molar-refractivity contribution is 0.138. The maximum Gasteiger partial charge on any atom is 0.157 e. The first kappa shape index (κ1) is 10.8. The summed E-state index contributed by atoms with van der Waals surface area (Å²) in [6, 6.07) is 1.14. The van der Waals surface area contributed by atoms with Crippen LogP contribution in [0.1, 0.15) is 0 Å². The van der Waals surface area contributed by atoms with Crippen LogP contribution in [0.2, 0.25) is 6.04 Å². The molecule has 0 aromatic heterocycles. The molecule has 0 aliphatic rings. The SMILES string of the molecule is CN(C)C(N=CC[SiH3])N(C)C. The van der Waals surface area contributed by atoms with Crippen molar-refractivity contribution in [2.75, 3.05) is 28.2 Å². The van der Waals surface area contributed by atoms with Gasteiger partial charge in [-0.05, 0) is 40.4 Å². The van der Waals surface area contributed by atoms with E-state index in [1.54, 1.807) is 0 Å². The predicted octanol–water partition coefficient (Wildman–Crippen LogP) is -0.752. The van der Waals surface area contributed by atoms with Crippen LogP contribution in [-0.4, -0.2) is 60.7 Å². The van der Waals surface area contributed by atoms with Crippen LogP contribution in [0.3, 0.4) is 0 Å². The molecule has 0 bridgehead atoms. The molecule has 0 spiro atoms. The smallest absolute Gasteiger partial charge is 0.157 e. The largest absolute Gasteiger partial charge is 0.276 e. The molecule has 0 atom stereocenters. The Morgan fingerprint density at radius 3 is 2.00 bits per heavy atom. The van der Waals surface area contributed by atoms with Gasteiger partial charge in [-0.3, -0.25) is 14.8 Å². The van der Waals surface area contributed by atoms with Gasteiger partial charge in [-0.2, -0.15) is 0 Å². The molecule has 0 aliphatic heterocycles. The van der Waals surface area contributed by atoms with E-state index in [1.807, 2.05) is 34.4 Å². The van der Waals surface area contributed by atoms with Gasteiger partial charge in [0, 0.05) is 10.2 Å². The molecule has 66 valence electrons. The molecule has 3 nitrogen and oxygen atoms in total. The van der Waals surface area contributed by atoms with Crippen molar-refractivity contribution in [3.63, 3.8) is 0 Å². The predicted molar refractivity (Wildman–Crippen MR) is 54.4 cm³/mol. The van der Waals surface area contributed by atoms with Crippen molar-refractivity contribution in [3.8, 4) is 0 Å². The van der Waals surface area contributed by atoms with E-state index in [0.717, 1.165) is 6.04 Å². The van der Waals surface area contributed by atoms with E-state index in [2.05, 4.69) is 14.8 Å². The van der Waals surface area contributed by atoms with Crippen molar-refractivity contribution in [1.82, 2.24) is 9.80 Å².